The smallest absolute Gasteiger partial charge is 0.398 e. The first kappa shape index (κ1) is 13.6. The van der Waals surface area contributed by atoms with Crippen LogP contribution < -0.4 is 5.59 Å². The number of aromatic nitrogens is 1. The molecule has 4 heteroatoms. The quantitative estimate of drug-likeness (QED) is 0.746. The lowest BCUT2D eigenvalue weighted by molar-refractivity contribution is 0.00578. The molecule has 0 aliphatic carbocycles. The molecule has 0 saturated carbocycles. The lowest BCUT2D eigenvalue weighted by Crippen LogP contribution is -2.41. The summed E-state index contributed by atoms with van der Waals surface area (Å²) >= 11 is 0. The van der Waals surface area contributed by atoms with Crippen LogP contribution in [0.3, 0.4) is 0 Å². The van der Waals surface area contributed by atoms with Crippen LogP contribution in [-0.2, 0) is 9.31 Å². The van der Waals surface area contributed by atoms with Gasteiger partial charge >= 0.3 is 7.12 Å². The molecule has 0 spiro atoms. The summed E-state index contributed by atoms with van der Waals surface area (Å²) in [7, 11) is -0.412. The summed E-state index contributed by atoms with van der Waals surface area (Å²) in [5.74, 6) is 0. The molecule has 1 fully saturated rings. The van der Waals surface area contributed by atoms with Gasteiger partial charge in [-0.05, 0) is 45.6 Å². The maximum atomic E-state index is 6.11. The summed E-state index contributed by atoms with van der Waals surface area (Å²) in [6.07, 6.45) is 1.89. The van der Waals surface area contributed by atoms with Gasteiger partial charge in [0.15, 0.2) is 0 Å². The Labute approximate surface area is 120 Å². The minimum Gasteiger partial charge on any atom is -0.398 e. The number of hydrogen-bond donors (Lipinski definition) is 0. The average Bonchev–Trinajstić information content (AvgIpc) is 2.59. The van der Waals surface area contributed by atoms with Crippen LogP contribution in [0.2, 0.25) is 0 Å². The van der Waals surface area contributed by atoms with E-state index < -0.39 is 7.12 Å². The maximum absolute atomic E-state index is 6.11. The van der Waals surface area contributed by atoms with Gasteiger partial charge in [-0.3, -0.25) is 4.98 Å². The lowest BCUT2D eigenvalue weighted by Gasteiger charge is -2.32. The van der Waals surface area contributed by atoms with Crippen LogP contribution in [0.4, 0.5) is 0 Å². The van der Waals surface area contributed by atoms with Gasteiger partial charge in [-0.15, -0.1) is 0 Å². The number of nitrogens with zero attached hydrogens (tertiary/aromatic N) is 1. The highest BCUT2D eigenvalue weighted by Gasteiger charge is 2.52. The third kappa shape index (κ3) is 1.95. The Bertz CT molecular complexity index is 651. The van der Waals surface area contributed by atoms with Gasteiger partial charge in [0.2, 0.25) is 0 Å². The molecular formula is C16H20BNO2. The zero-order valence-electron chi connectivity index (χ0n) is 12.7. The normalized spacial score (nSPS) is 20.6. The van der Waals surface area contributed by atoms with Gasteiger partial charge in [0.25, 0.3) is 0 Å². The van der Waals surface area contributed by atoms with Crippen molar-refractivity contribution in [2.45, 2.75) is 45.8 Å². The van der Waals surface area contributed by atoms with Crippen molar-refractivity contribution < 1.29 is 9.31 Å². The Balaban J connectivity index is 2.11. The van der Waals surface area contributed by atoms with E-state index in [0.29, 0.717) is 0 Å². The largest absolute Gasteiger partial charge is 0.515 e. The highest BCUT2D eigenvalue weighted by molar-refractivity contribution is 6.64. The number of rotatable bonds is 1. The topological polar surface area (TPSA) is 31.4 Å². The van der Waals surface area contributed by atoms with Gasteiger partial charge < -0.3 is 9.31 Å². The first-order valence-electron chi connectivity index (χ1n) is 7.02. The zero-order valence-corrected chi connectivity index (χ0v) is 12.7. The van der Waals surface area contributed by atoms with Crippen molar-refractivity contribution >= 4 is 23.5 Å². The van der Waals surface area contributed by atoms with Crippen LogP contribution in [0.15, 0.2) is 30.5 Å². The average molecular weight is 269 g/mol. The van der Waals surface area contributed by atoms with Crippen molar-refractivity contribution in [3.05, 3.63) is 36.0 Å². The van der Waals surface area contributed by atoms with E-state index in [9.17, 15) is 0 Å². The van der Waals surface area contributed by atoms with Crippen molar-refractivity contribution in [2.24, 2.45) is 0 Å². The lowest BCUT2D eigenvalue weighted by atomic mass is 9.80. The Kier molecular flexibility index (Phi) is 2.92. The van der Waals surface area contributed by atoms with E-state index in [1.54, 1.807) is 0 Å². The minimum atomic E-state index is -0.412. The predicted octanol–water partition coefficient (Wildman–Crippen LogP) is 2.84. The second-order valence-corrected chi connectivity index (χ2v) is 6.46. The molecule has 0 unspecified atom stereocenters. The van der Waals surface area contributed by atoms with Crippen molar-refractivity contribution in [3.63, 3.8) is 0 Å². The molecule has 0 N–H and O–H groups in total. The van der Waals surface area contributed by atoms with Crippen LogP contribution in [-0.4, -0.2) is 23.3 Å². The van der Waals surface area contributed by atoms with Crippen LogP contribution in [0.25, 0.3) is 10.8 Å². The van der Waals surface area contributed by atoms with E-state index in [2.05, 4.69) is 51.7 Å². The molecule has 1 aliphatic heterocycles. The molecule has 3 nitrogen and oxygen atoms in total. The van der Waals surface area contributed by atoms with Crippen molar-refractivity contribution in [3.8, 4) is 0 Å². The van der Waals surface area contributed by atoms with Gasteiger partial charge in [0, 0.05) is 11.6 Å². The number of aryl methyl sites for hydroxylation is 1. The molecule has 2 heterocycles. The number of hydrogen-bond acceptors (Lipinski definition) is 3. The van der Waals surface area contributed by atoms with Crippen LogP contribution in [0.1, 0.15) is 33.3 Å². The molecule has 1 saturated heterocycles. The zero-order chi connectivity index (χ0) is 14.5. The standard InChI is InChI=1S/C16H20BNO2/c1-11-10-18-14(13-9-7-6-8-12(11)13)17-19-15(2,3)16(4,5)20-17/h6-10H,1-5H3. The molecule has 1 aromatic heterocycles. The predicted molar refractivity (Wildman–Crippen MR) is 82.2 cm³/mol. The van der Waals surface area contributed by atoms with E-state index in [1.807, 2.05) is 18.3 Å². The molecule has 0 atom stereocenters. The fourth-order valence-electron chi connectivity index (χ4n) is 2.50. The Hall–Kier alpha value is -1.39. The summed E-state index contributed by atoms with van der Waals surface area (Å²) in [5.41, 5.74) is 1.35. The molecule has 3 rings (SSSR count). The van der Waals surface area contributed by atoms with Gasteiger partial charge in [-0.2, -0.15) is 0 Å². The van der Waals surface area contributed by atoms with Crippen LogP contribution in [0, 0.1) is 6.92 Å². The Morgan fingerprint density at radius 1 is 0.950 bits per heavy atom. The fraction of sp³-hybridized carbons (Fsp3) is 0.438. The van der Waals surface area contributed by atoms with Gasteiger partial charge in [0.1, 0.15) is 0 Å². The number of benzene rings is 1. The maximum Gasteiger partial charge on any atom is 0.515 e. The minimum absolute atomic E-state index is 0.342. The summed E-state index contributed by atoms with van der Waals surface area (Å²) in [6.45, 7) is 10.3. The van der Waals surface area contributed by atoms with Gasteiger partial charge in [-0.1, -0.05) is 24.3 Å². The molecule has 104 valence electrons. The fourth-order valence-corrected chi connectivity index (χ4v) is 2.50. The first-order chi connectivity index (χ1) is 9.32. The molecule has 0 amide bonds. The third-order valence-electron chi connectivity index (χ3n) is 4.50. The molecule has 0 bridgehead atoms. The molecule has 2 aromatic rings. The van der Waals surface area contributed by atoms with Crippen molar-refractivity contribution in [2.75, 3.05) is 0 Å². The van der Waals surface area contributed by atoms with E-state index in [0.717, 1.165) is 11.0 Å². The second kappa shape index (κ2) is 4.30. The number of pyridine rings is 1. The van der Waals surface area contributed by atoms with Gasteiger partial charge in [0.05, 0.1) is 16.8 Å². The first-order valence-corrected chi connectivity index (χ1v) is 7.02. The summed E-state index contributed by atoms with van der Waals surface area (Å²) < 4.78 is 12.2. The van der Waals surface area contributed by atoms with Crippen molar-refractivity contribution in [1.82, 2.24) is 4.98 Å². The van der Waals surface area contributed by atoms with E-state index in [-0.39, 0.29) is 11.2 Å². The summed E-state index contributed by atoms with van der Waals surface area (Å²) in [6, 6.07) is 8.26. The SMILES string of the molecule is Cc1cnc(B2OC(C)(C)C(C)(C)O2)c2ccccc12. The summed E-state index contributed by atoms with van der Waals surface area (Å²) in [5, 5.41) is 2.30. The van der Waals surface area contributed by atoms with Gasteiger partial charge in [-0.25, -0.2) is 0 Å². The second-order valence-electron chi connectivity index (χ2n) is 6.46. The Morgan fingerprint density at radius 2 is 1.50 bits per heavy atom. The molecular weight excluding hydrogens is 249 g/mol. The van der Waals surface area contributed by atoms with E-state index >= 15 is 0 Å². The highest BCUT2D eigenvalue weighted by Crippen LogP contribution is 2.36. The van der Waals surface area contributed by atoms with Crippen LogP contribution >= 0.6 is 0 Å². The van der Waals surface area contributed by atoms with Crippen molar-refractivity contribution in [1.29, 1.82) is 0 Å². The molecule has 20 heavy (non-hydrogen) atoms. The summed E-state index contributed by atoms with van der Waals surface area (Å²) in [4.78, 5) is 4.57. The highest BCUT2D eigenvalue weighted by atomic mass is 16.7. The Morgan fingerprint density at radius 3 is 2.10 bits per heavy atom. The van der Waals surface area contributed by atoms with E-state index in [4.69, 9.17) is 9.31 Å². The van der Waals surface area contributed by atoms with E-state index in [1.165, 1.54) is 10.9 Å². The molecule has 1 aromatic carbocycles. The van der Waals surface area contributed by atoms with Crippen LogP contribution in [0.5, 0.6) is 0 Å². The third-order valence-corrected chi connectivity index (χ3v) is 4.50. The molecule has 1 aliphatic rings. The monoisotopic (exact) mass is 269 g/mol. The number of fused-ring (bicyclic) bond motifs is 1. The molecule has 0 radical (unpaired) electrons.